The Hall–Kier alpha value is -3.61. The Kier molecular flexibility index (Phi) is 10.2. The van der Waals surface area contributed by atoms with Crippen molar-refractivity contribution < 1.29 is 18.7 Å². The van der Waals surface area contributed by atoms with Gasteiger partial charge in [0.15, 0.2) is 0 Å². The maximum Gasteiger partial charge on any atom is 0.254 e. The molecule has 1 aliphatic carbocycles. The van der Waals surface area contributed by atoms with Gasteiger partial charge in [-0.1, -0.05) is 50.8 Å². The van der Waals surface area contributed by atoms with Gasteiger partial charge >= 0.3 is 0 Å². The standard InChI is InChI=1S/C32H40FN3O3/c1-3-4-19-35(32(38)26-10-8-14-30(21-26)39-2)24-31(37)36(28-11-6-5-7-12-28)23-29-13-9-20-34(29)22-25-15-17-27(33)18-16-25/h8-10,13-18,20-21,28H,3-7,11-12,19,22-24H2,1-2H3. The maximum atomic E-state index is 14.0. The number of aromatic nitrogens is 1. The average Bonchev–Trinajstić information content (AvgIpc) is 3.41. The van der Waals surface area contributed by atoms with Crippen LogP contribution in [0.25, 0.3) is 0 Å². The number of nitrogens with zero attached hydrogens (tertiary/aromatic N) is 3. The van der Waals surface area contributed by atoms with Crippen molar-refractivity contribution in [3.05, 3.63) is 89.5 Å². The average molecular weight is 534 g/mol. The molecule has 2 amide bonds. The zero-order chi connectivity index (χ0) is 27.6. The van der Waals surface area contributed by atoms with Crippen molar-refractivity contribution in [3.8, 4) is 5.75 Å². The van der Waals surface area contributed by atoms with E-state index in [0.717, 1.165) is 49.8 Å². The van der Waals surface area contributed by atoms with Crippen molar-refractivity contribution in [2.45, 2.75) is 71.0 Å². The summed E-state index contributed by atoms with van der Waals surface area (Å²) in [5, 5.41) is 0. The third-order valence-electron chi connectivity index (χ3n) is 7.57. The molecule has 0 aliphatic heterocycles. The van der Waals surface area contributed by atoms with Gasteiger partial charge in [0.05, 0.1) is 13.7 Å². The quantitative estimate of drug-likeness (QED) is 0.275. The highest BCUT2D eigenvalue weighted by Crippen LogP contribution is 2.25. The monoisotopic (exact) mass is 533 g/mol. The molecule has 0 atom stereocenters. The summed E-state index contributed by atoms with van der Waals surface area (Å²) in [6, 6.07) is 17.8. The Balaban J connectivity index is 1.54. The van der Waals surface area contributed by atoms with Crippen LogP contribution in [0.2, 0.25) is 0 Å². The Morgan fingerprint density at radius 1 is 1.03 bits per heavy atom. The second-order valence-corrected chi connectivity index (χ2v) is 10.4. The number of amides is 2. The van der Waals surface area contributed by atoms with E-state index in [1.807, 2.05) is 29.3 Å². The Bertz CT molecular complexity index is 1220. The predicted octanol–water partition coefficient (Wildman–Crippen LogP) is 6.29. The van der Waals surface area contributed by atoms with E-state index in [2.05, 4.69) is 11.5 Å². The van der Waals surface area contributed by atoms with Gasteiger partial charge in [0.2, 0.25) is 5.91 Å². The lowest BCUT2D eigenvalue weighted by molar-refractivity contribution is -0.135. The molecular weight excluding hydrogens is 493 g/mol. The van der Waals surface area contributed by atoms with Crippen LogP contribution in [-0.2, 0) is 17.9 Å². The molecule has 0 N–H and O–H groups in total. The van der Waals surface area contributed by atoms with Crippen molar-refractivity contribution in [2.24, 2.45) is 0 Å². The minimum Gasteiger partial charge on any atom is -0.497 e. The van der Waals surface area contributed by atoms with Crippen molar-refractivity contribution in [1.82, 2.24) is 14.4 Å². The number of benzene rings is 2. The first-order chi connectivity index (χ1) is 19.0. The fraction of sp³-hybridized carbons (Fsp3) is 0.438. The number of hydrogen-bond donors (Lipinski definition) is 0. The second-order valence-electron chi connectivity index (χ2n) is 10.4. The van der Waals surface area contributed by atoms with Crippen molar-refractivity contribution in [1.29, 1.82) is 0 Å². The summed E-state index contributed by atoms with van der Waals surface area (Å²) in [7, 11) is 1.58. The molecule has 0 bridgehead atoms. The summed E-state index contributed by atoms with van der Waals surface area (Å²) < 4.78 is 20.8. The van der Waals surface area contributed by atoms with Gasteiger partial charge in [-0.25, -0.2) is 4.39 Å². The predicted molar refractivity (Wildman–Crippen MR) is 151 cm³/mol. The van der Waals surface area contributed by atoms with Crippen LogP contribution in [0.5, 0.6) is 5.75 Å². The molecule has 0 radical (unpaired) electrons. The molecular formula is C32H40FN3O3. The number of unbranched alkanes of at least 4 members (excludes halogenated alkanes) is 1. The van der Waals surface area contributed by atoms with E-state index in [4.69, 9.17) is 4.74 Å². The fourth-order valence-corrected chi connectivity index (χ4v) is 5.32. The second kappa shape index (κ2) is 14.0. The molecule has 208 valence electrons. The van der Waals surface area contributed by atoms with E-state index in [1.54, 1.807) is 42.3 Å². The van der Waals surface area contributed by atoms with Crippen LogP contribution in [0, 0.1) is 5.82 Å². The van der Waals surface area contributed by atoms with Gasteiger partial charge in [-0.2, -0.15) is 0 Å². The summed E-state index contributed by atoms with van der Waals surface area (Å²) in [6.45, 7) is 3.74. The highest BCUT2D eigenvalue weighted by molar-refractivity contribution is 5.96. The molecule has 1 fully saturated rings. The highest BCUT2D eigenvalue weighted by Gasteiger charge is 2.29. The van der Waals surface area contributed by atoms with Gasteiger partial charge in [-0.15, -0.1) is 0 Å². The zero-order valence-corrected chi connectivity index (χ0v) is 23.2. The van der Waals surface area contributed by atoms with Crippen LogP contribution in [0.4, 0.5) is 4.39 Å². The molecule has 1 saturated carbocycles. The summed E-state index contributed by atoms with van der Waals surface area (Å²) in [4.78, 5) is 31.2. The molecule has 1 aromatic heterocycles. The molecule has 39 heavy (non-hydrogen) atoms. The van der Waals surface area contributed by atoms with Crippen LogP contribution in [-0.4, -0.2) is 52.4 Å². The number of methoxy groups -OCH3 is 1. The van der Waals surface area contributed by atoms with E-state index >= 15 is 0 Å². The molecule has 4 rings (SSSR count). The van der Waals surface area contributed by atoms with Crippen molar-refractivity contribution >= 4 is 11.8 Å². The first-order valence-electron chi connectivity index (χ1n) is 14.1. The fourth-order valence-electron chi connectivity index (χ4n) is 5.32. The summed E-state index contributed by atoms with van der Waals surface area (Å²) >= 11 is 0. The minimum atomic E-state index is -0.253. The molecule has 6 nitrogen and oxygen atoms in total. The number of hydrogen-bond acceptors (Lipinski definition) is 3. The number of carbonyl (C=O) groups excluding carboxylic acids is 2. The van der Waals surface area contributed by atoms with Gasteiger partial charge in [0.25, 0.3) is 5.91 Å². The first-order valence-corrected chi connectivity index (χ1v) is 14.1. The van der Waals surface area contributed by atoms with Crippen molar-refractivity contribution in [3.63, 3.8) is 0 Å². The van der Waals surface area contributed by atoms with Crippen LogP contribution in [0.1, 0.15) is 73.5 Å². The van der Waals surface area contributed by atoms with E-state index in [0.29, 0.717) is 30.9 Å². The lowest BCUT2D eigenvalue weighted by atomic mass is 9.94. The highest BCUT2D eigenvalue weighted by atomic mass is 19.1. The number of carbonyl (C=O) groups is 2. The molecule has 1 aliphatic rings. The molecule has 0 saturated heterocycles. The van der Waals surface area contributed by atoms with E-state index < -0.39 is 0 Å². The lowest BCUT2D eigenvalue weighted by Gasteiger charge is -2.36. The number of rotatable bonds is 12. The Morgan fingerprint density at radius 2 is 1.79 bits per heavy atom. The van der Waals surface area contributed by atoms with Gasteiger partial charge in [-0.3, -0.25) is 9.59 Å². The van der Waals surface area contributed by atoms with Crippen LogP contribution in [0.15, 0.2) is 66.9 Å². The Labute approximate surface area is 231 Å². The van der Waals surface area contributed by atoms with Crippen LogP contribution >= 0.6 is 0 Å². The molecule has 3 aromatic rings. The van der Waals surface area contributed by atoms with E-state index in [-0.39, 0.29) is 30.2 Å². The minimum absolute atomic E-state index is 0.0243. The molecule has 7 heteroatoms. The third-order valence-corrected chi connectivity index (χ3v) is 7.57. The summed E-state index contributed by atoms with van der Waals surface area (Å²) in [5.74, 6) is 0.188. The zero-order valence-electron chi connectivity index (χ0n) is 23.2. The van der Waals surface area contributed by atoms with E-state index in [1.165, 1.54) is 18.6 Å². The molecule has 0 spiro atoms. The maximum absolute atomic E-state index is 14.0. The largest absolute Gasteiger partial charge is 0.497 e. The van der Waals surface area contributed by atoms with Gasteiger partial charge in [-0.05, 0) is 67.3 Å². The SMILES string of the molecule is CCCCN(CC(=O)N(Cc1cccn1Cc1ccc(F)cc1)C1CCCCC1)C(=O)c1cccc(OC)c1. The van der Waals surface area contributed by atoms with E-state index in [9.17, 15) is 14.0 Å². The number of ether oxygens (including phenoxy) is 1. The Morgan fingerprint density at radius 3 is 2.51 bits per heavy atom. The van der Waals surface area contributed by atoms with Gasteiger partial charge in [0.1, 0.15) is 18.1 Å². The third kappa shape index (κ3) is 7.71. The smallest absolute Gasteiger partial charge is 0.254 e. The van der Waals surface area contributed by atoms with Crippen LogP contribution in [0.3, 0.4) is 0 Å². The molecule has 1 heterocycles. The van der Waals surface area contributed by atoms with Gasteiger partial charge in [0, 0.05) is 36.6 Å². The van der Waals surface area contributed by atoms with Crippen LogP contribution < -0.4 is 4.74 Å². The topological polar surface area (TPSA) is 54.8 Å². The number of halogens is 1. The van der Waals surface area contributed by atoms with Gasteiger partial charge < -0.3 is 19.1 Å². The summed E-state index contributed by atoms with van der Waals surface area (Å²) in [6.07, 6.45) is 9.11. The first kappa shape index (κ1) is 28.4. The summed E-state index contributed by atoms with van der Waals surface area (Å²) in [5.41, 5.74) is 2.55. The molecule has 0 unspecified atom stereocenters. The lowest BCUT2D eigenvalue weighted by Crippen LogP contribution is -2.47. The molecule has 2 aromatic carbocycles. The van der Waals surface area contributed by atoms with Crippen molar-refractivity contribution in [2.75, 3.05) is 20.2 Å². The normalized spacial score (nSPS) is 13.7.